The van der Waals surface area contributed by atoms with Crippen LogP contribution in [0.4, 0.5) is 28.4 Å². The molecule has 2 aliphatic rings. The molecule has 1 amide bonds. The topological polar surface area (TPSA) is 116 Å². The molecule has 0 aliphatic carbocycles. The van der Waals surface area contributed by atoms with Crippen LogP contribution in [0.1, 0.15) is 38.7 Å². The molecule has 0 spiro atoms. The lowest BCUT2D eigenvalue weighted by molar-refractivity contribution is -0.384. The smallest absolute Gasteiger partial charge is 0.293 e. The van der Waals surface area contributed by atoms with E-state index in [2.05, 4.69) is 127 Å². The number of thioether (sulfide) groups is 1. The van der Waals surface area contributed by atoms with Gasteiger partial charge in [0.25, 0.3) is 11.6 Å². The van der Waals surface area contributed by atoms with Gasteiger partial charge in [-0.2, -0.15) is 0 Å². The number of anilines is 4. The van der Waals surface area contributed by atoms with Gasteiger partial charge in [0.15, 0.2) is 0 Å². The molecule has 3 N–H and O–H groups in total. The van der Waals surface area contributed by atoms with E-state index in [1.54, 1.807) is 17.8 Å². The average Bonchev–Trinajstić information content (AvgIpc) is 3.39. The fourth-order valence-corrected chi connectivity index (χ4v) is 10.5. The van der Waals surface area contributed by atoms with Crippen LogP contribution < -0.4 is 25.2 Å². The van der Waals surface area contributed by atoms with Gasteiger partial charge < -0.3 is 44.8 Å². The second kappa shape index (κ2) is 29.3. The van der Waals surface area contributed by atoms with Crippen LogP contribution in [0.15, 0.2) is 148 Å². The molecule has 2 aliphatic heterocycles. The van der Waals surface area contributed by atoms with Gasteiger partial charge >= 0.3 is 0 Å². The van der Waals surface area contributed by atoms with Gasteiger partial charge in [0.05, 0.1) is 4.92 Å². The molecule has 2 saturated heterocycles. The summed E-state index contributed by atoms with van der Waals surface area (Å²) in [5, 5.41) is 19.0. The molecule has 0 aromatic heterocycles. The molecule has 0 bridgehead atoms. The first-order chi connectivity index (χ1) is 34.9. The Morgan fingerprint density at radius 1 is 0.861 bits per heavy atom. The third kappa shape index (κ3) is 18.0. The van der Waals surface area contributed by atoms with Crippen LogP contribution in [0.25, 0.3) is 6.08 Å². The van der Waals surface area contributed by atoms with Gasteiger partial charge in [0.2, 0.25) is 0 Å². The van der Waals surface area contributed by atoms with Crippen LogP contribution >= 0.6 is 35.3 Å². The summed E-state index contributed by atoms with van der Waals surface area (Å²) in [4.78, 5) is 41.7. The highest BCUT2D eigenvalue weighted by Gasteiger charge is 2.22. The molecule has 0 saturated carbocycles. The number of hydrogen-bond donors (Lipinski definition) is 3. The van der Waals surface area contributed by atoms with Gasteiger partial charge in [0, 0.05) is 123 Å². The predicted octanol–water partition coefficient (Wildman–Crippen LogP) is 10.6. The molecule has 4 aromatic rings. The molecule has 6 rings (SSSR count). The zero-order chi connectivity index (χ0) is 51.2. The number of rotatable bonds is 26. The summed E-state index contributed by atoms with van der Waals surface area (Å²) in [6.07, 6.45) is 12.7. The van der Waals surface area contributed by atoms with Gasteiger partial charge in [-0.15, -0.1) is 23.4 Å². The van der Waals surface area contributed by atoms with Gasteiger partial charge in [-0.3, -0.25) is 14.9 Å². The number of likely N-dealkylation sites (N-methyl/N-ethyl adjacent to an activating group) is 2. The maximum Gasteiger partial charge on any atom is 0.293 e. The second-order valence-electron chi connectivity index (χ2n) is 18.7. The van der Waals surface area contributed by atoms with Crippen molar-refractivity contribution >= 4 is 75.7 Å². The highest BCUT2D eigenvalue weighted by Crippen LogP contribution is 2.33. The number of allylic oxidation sites excluding steroid dienone is 5. The van der Waals surface area contributed by atoms with Crippen molar-refractivity contribution in [3.8, 4) is 0 Å². The number of nitro benzene ring substituents is 1. The van der Waals surface area contributed by atoms with Crippen LogP contribution in [-0.2, 0) is 4.79 Å². The first-order valence-corrected chi connectivity index (χ1v) is 27.4. The molecule has 0 unspecified atom stereocenters. The largest absolute Gasteiger partial charge is 0.376 e. The van der Waals surface area contributed by atoms with E-state index in [1.807, 2.05) is 81.7 Å². The van der Waals surface area contributed by atoms with E-state index in [0.29, 0.717) is 23.8 Å². The highest BCUT2D eigenvalue weighted by atomic mass is 35.5. The summed E-state index contributed by atoms with van der Waals surface area (Å²) in [6, 6.07) is 32.5. The van der Waals surface area contributed by atoms with Crippen molar-refractivity contribution in [3.05, 3.63) is 154 Å². The number of nitrogens with zero attached hydrogens (tertiary/aromatic N) is 7. The fourth-order valence-electron chi connectivity index (χ4n) is 8.66. The van der Waals surface area contributed by atoms with E-state index in [0.717, 1.165) is 124 Å². The van der Waals surface area contributed by atoms with Crippen LogP contribution in [0, 0.1) is 10.1 Å². The first-order valence-electron chi connectivity index (χ1n) is 25.1. The fraction of sp³-hybridized carbons (Fsp3) is 0.411. The van der Waals surface area contributed by atoms with Crippen molar-refractivity contribution in [2.75, 3.05) is 132 Å². The van der Waals surface area contributed by atoms with Crippen LogP contribution in [0.5, 0.6) is 0 Å². The molecule has 13 nitrogen and oxygen atoms in total. The second-order valence-corrected chi connectivity index (χ2v) is 20.9. The summed E-state index contributed by atoms with van der Waals surface area (Å²) in [5.41, 5.74) is 7.58. The first kappa shape index (κ1) is 55.9. The van der Waals surface area contributed by atoms with E-state index < -0.39 is 0 Å². The summed E-state index contributed by atoms with van der Waals surface area (Å²) in [6.45, 7) is 14.3. The molecule has 4 aromatic carbocycles. The van der Waals surface area contributed by atoms with E-state index in [9.17, 15) is 14.9 Å². The standard InChI is InChI=1S/C56H75ClN10O3S2/c1-7-46(16-11-12-27-57)44(2)42-63(6)55(56(68)58-28-14-29-64-33-31-62(5)32-34-64)40-45-15-13-17-50(39-45)66-37-35-65(36-38-66)49-22-20-47(21-23-49)60-72-52-24-25-53(54(41-52)67(69)70)59-48(26-30-61(3)4)43-71-51-18-9-8-10-19-51/h7-13,15,17-25,39-42,48,59-60H,14,16,26-38,43H2,1-6H3,(H,58,68)/b12-11-,44-42+,46-7+,55-40+/t48-/m1/s1. The number of hydrogen-bond acceptors (Lipinski definition) is 13. The zero-order valence-corrected chi connectivity index (χ0v) is 45.5. The number of benzene rings is 4. The van der Waals surface area contributed by atoms with E-state index >= 15 is 0 Å². The highest BCUT2D eigenvalue weighted by molar-refractivity contribution is 8.00. The summed E-state index contributed by atoms with van der Waals surface area (Å²) >= 11 is 9.02. The minimum absolute atomic E-state index is 0.0489. The Labute approximate surface area is 442 Å². The Balaban J connectivity index is 1.05. The minimum atomic E-state index is -0.303. The average molecular weight is 1040 g/mol. The lowest BCUT2D eigenvalue weighted by Gasteiger charge is -2.37. The predicted molar refractivity (Wildman–Crippen MR) is 307 cm³/mol. The quantitative estimate of drug-likeness (QED) is 0.00639. The van der Waals surface area contributed by atoms with Crippen molar-refractivity contribution in [3.63, 3.8) is 0 Å². The summed E-state index contributed by atoms with van der Waals surface area (Å²) in [7, 11) is 8.21. The van der Waals surface area contributed by atoms with Crippen molar-refractivity contribution in [1.82, 2.24) is 24.9 Å². The summed E-state index contributed by atoms with van der Waals surface area (Å²) < 4.78 is 3.39. The molecule has 1 atom stereocenters. The molecule has 16 heteroatoms. The minimum Gasteiger partial charge on any atom is -0.376 e. The van der Waals surface area contributed by atoms with E-state index in [4.69, 9.17) is 11.6 Å². The van der Waals surface area contributed by atoms with Crippen molar-refractivity contribution in [2.45, 2.75) is 48.9 Å². The number of nitrogens with one attached hydrogen (secondary N) is 3. The van der Waals surface area contributed by atoms with Gasteiger partial charge in [-0.1, -0.05) is 48.6 Å². The van der Waals surface area contributed by atoms with Crippen LogP contribution in [0.3, 0.4) is 0 Å². The van der Waals surface area contributed by atoms with Crippen LogP contribution in [0.2, 0.25) is 0 Å². The maximum atomic E-state index is 14.0. The van der Waals surface area contributed by atoms with Gasteiger partial charge in [-0.25, -0.2) is 0 Å². The van der Waals surface area contributed by atoms with Gasteiger partial charge in [0.1, 0.15) is 11.4 Å². The molecule has 2 heterocycles. The number of amides is 1. The van der Waals surface area contributed by atoms with Gasteiger partial charge in [-0.05, 0) is 163 Å². The monoisotopic (exact) mass is 1030 g/mol. The third-order valence-electron chi connectivity index (χ3n) is 13.0. The summed E-state index contributed by atoms with van der Waals surface area (Å²) in [5.74, 6) is 1.17. The third-order valence-corrected chi connectivity index (χ3v) is 15.1. The van der Waals surface area contributed by atoms with E-state index in [-0.39, 0.29) is 22.6 Å². The number of piperazine rings is 2. The Kier molecular flexibility index (Phi) is 22.8. The Hall–Kier alpha value is -5.42. The zero-order valence-electron chi connectivity index (χ0n) is 43.1. The number of alkyl halides is 1. The lowest BCUT2D eigenvalue weighted by atomic mass is 10.0. The number of nitro groups is 1. The van der Waals surface area contributed by atoms with Crippen molar-refractivity contribution in [1.29, 1.82) is 0 Å². The Bertz CT molecular complexity index is 2450. The Morgan fingerprint density at radius 2 is 1.58 bits per heavy atom. The molecule has 0 radical (unpaired) electrons. The molecule has 72 heavy (non-hydrogen) atoms. The van der Waals surface area contributed by atoms with E-state index in [1.165, 1.54) is 22.4 Å². The SMILES string of the molecule is C/C=C(C/C=C\CCl)/C(C)=C/N(C)/C(=C/c1cccc(N2CCN(c3ccc(NSc4ccc(N[C@H](CCN(C)C)CSc5ccccc5)c([N+](=O)[O-])c4)cc3)CC2)c1)C(=O)NCCCN1CCN(C)CC1. The molecule has 386 valence electrons. The van der Waals surface area contributed by atoms with Crippen LogP contribution in [-0.4, -0.2) is 148 Å². The normalized spacial score (nSPS) is 15.8. The lowest BCUT2D eigenvalue weighted by Crippen LogP contribution is -2.46. The van der Waals surface area contributed by atoms with Crippen molar-refractivity contribution < 1.29 is 9.72 Å². The van der Waals surface area contributed by atoms with Crippen molar-refractivity contribution in [2.24, 2.45) is 0 Å². The number of carbonyl (C=O) groups excluding carboxylic acids is 1. The molecular weight excluding hydrogens is 960 g/mol. The molecular formula is C56H75ClN10O3S2. The molecule has 2 fully saturated rings. The number of halogens is 1. The Morgan fingerprint density at radius 3 is 2.26 bits per heavy atom. The maximum absolute atomic E-state index is 14.0. The number of carbonyl (C=O) groups is 1.